The van der Waals surface area contributed by atoms with Crippen molar-refractivity contribution < 1.29 is 9.59 Å². The van der Waals surface area contributed by atoms with Crippen molar-refractivity contribution in [2.24, 2.45) is 11.3 Å². The molecule has 1 aliphatic rings. The van der Waals surface area contributed by atoms with Crippen molar-refractivity contribution in [1.29, 1.82) is 15.8 Å². The molecule has 0 bridgehead atoms. The number of nitrogens with one attached hydrogen (secondary N) is 1. The molecule has 1 aromatic rings. The van der Waals surface area contributed by atoms with Crippen LogP contribution in [0.3, 0.4) is 0 Å². The van der Waals surface area contributed by atoms with Gasteiger partial charge >= 0.3 is 0 Å². The molecule has 0 aliphatic carbocycles. The smallest absolute Gasteiger partial charge is 0.243 e. The van der Waals surface area contributed by atoms with E-state index in [9.17, 15) is 20.1 Å². The Morgan fingerprint density at radius 1 is 1.25 bits per heavy atom. The highest BCUT2D eigenvalue weighted by atomic mass is 32.2. The van der Waals surface area contributed by atoms with Gasteiger partial charge < -0.3 is 10.2 Å². The fourth-order valence-corrected chi connectivity index (χ4v) is 3.96. The number of para-hydroxylation sites is 1. The second-order valence-corrected chi connectivity index (χ2v) is 7.65. The van der Waals surface area contributed by atoms with Crippen molar-refractivity contribution in [2.45, 2.75) is 20.3 Å². The monoisotopic (exact) mass is 393 g/mol. The Bertz CT molecular complexity index is 919. The van der Waals surface area contributed by atoms with Crippen LogP contribution < -0.4 is 10.2 Å². The number of nitriles is 3. The number of amides is 2. The van der Waals surface area contributed by atoms with E-state index >= 15 is 0 Å². The molecule has 28 heavy (non-hydrogen) atoms. The number of hydrogen-bond acceptors (Lipinski definition) is 6. The number of rotatable bonds is 6. The fraction of sp³-hybridized carbons (Fsp3) is 0.350. The van der Waals surface area contributed by atoms with E-state index in [2.05, 4.69) is 11.4 Å². The molecule has 2 amide bonds. The Balaban J connectivity index is 2.23. The minimum Gasteiger partial charge on any atom is -0.319 e. The summed E-state index contributed by atoms with van der Waals surface area (Å²) in [5.41, 5.74) is 0.00654. The lowest BCUT2D eigenvalue weighted by atomic mass is 9.72. The number of carbonyl (C=O) groups is 2. The van der Waals surface area contributed by atoms with E-state index in [-0.39, 0.29) is 30.2 Å². The first kappa shape index (κ1) is 21.0. The molecule has 1 aromatic carbocycles. The highest BCUT2D eigenvalue weighted by Gasteiger charge is 2.44. The molecule has 0 saturated carbocycles. The van der Waals surface area contributed by atoms with Gasteiger partial charge in [0, 0.05) is 17.6 Å². The number of carbonyl (C=O) groups excluding carboxylic acids is 2. The van der Waals surface area contributed by atoms with Crippen molar-refractivity contribution >= 4 is 29.3 Å². The zero-order chi connectivity index (χ0) is 20.7. The molecule has 1 aliphatic heterocycles. The van der Waals surface area contributed by atoms with Gasteiger partial charge in [0.25, 0.3) is 0 Å². The Hall–Kier alpha value is -3.28. The summed E-state index contributed by atoms with van der Waals surface area (Å²) in [5, 5.41) is 30.6. The minimum absolute atomic E-state index is 0.0194. The molecule has 0 fully saturated rings. The SMILES string of the molecule is CC1(C)C(C#N)=C(SCC(=O)N(CCC#N)c2ccccc2)NC(=O)[C@@H]1C#N. The maximum atomic E-state index is 12.8. The van der Waals surface area contributed by atoms with Crippen LogP contribution >= 0.6 is 11.8 Å². The lowest BCUT2D eigenvalue weighted by molar-refractivity contribution is -0.125. The first-order chi connectivity index (χ1) is 13.4. The Kier molecular flexibility index (Phi) is 6.82. The Morgan fingerprint density at radius 3 is 2.50 bits per heavy atom. The minimum atomic E-state index is -0.973. The zero-order valence-corrected chi connectivity index (χ0v) is 16.4. The van der Waals surface area contributed by atoms with E-state index in [0.717, 1.165) is 11.8 Å². The lowest BCUT2D eigenvalue weighted by Gasteiger charge is -2.34. The van der Waals surface area contributed by atoms with E-state index < -0.39 is 17.2 Å². The summed E-state index contributed by atoms with van der Waals surface area (Å²) in [6, 6.07) is 15.0. The summed E-state index contributed by atoms with van der Waals surface area (Å²) in [7, 11) is 0. The van der Waals surface area contributed by atoms with Crippen LogP contribution in [0.25, 0.3) is 0 Å². The maximum Gasteiger partial charge on any atom is 0.243 e. The number of nitrogens with zero attached hydrogens (tertiary/aromatic N) is 4. The first-order valence-electron chi connectivity index (χ1n) is 8.57. The topological polar surface area (TPSA) is 121 Å². The molecule has 0 saturated heterocycles. The summed E-state index contributed by atoms with van der Waals surface area (Å²) >= 11 is 1.05. The summed E-state index contributed by atoms with van der Waals surface area (Å²) in [6.07, 6.45) is 0.186. The first-order valence-corrected chi connectivity index (χ1v) is 9.55. The Labute approximate surface area is 168 Å². The number of benzene rings is 1. The summed E-state index contributed by atoms with van der Waals surface area (Å²) < 4.78 is 0. The van der Waals surface area contributed by atoms with Crippen LogP contribution in [-0.4, -0.2) is 24.1 Å². The quantitative estimate of drug-likeness (QED) is 0.793. The van der Waals surface area contributed by atoms with Gasteiger partial charge in [0.05, 0.1) is 41.0 Å². The van der Waals surface area contributed by atoms with Crippen molar-refractivity contribution in [1.82, 2.24) is 5.32 Å². The van der Waals surface area contributed by atoms with Crippen molar-refractivity contribution in [3.8, 4) is 18.2 Å². The third-order valence-electron chi connectivity index (χ3n) is 4.49. The van der Waals surface area contributed by atoms with E-state index in [4.69, 9.17) is 5.26 Å². The van der Waals surface area contributed by atoms with E-state index in [1.807, 2.05) is 18.2 Å². The molecule has 0 aromatic heterocycles. The average molecular weight is 393 g/mol. The molecule has 1 heterocycles. The third kappa shape index (κ3) is 4.34. The van der Waals surface area contributed by atoms with Crippen molar-refractivity contribution in [3.05, 3.63) is 40.9 Å². The lowest BCUT2D eigenvalue weighted by Crippen LogP contribution is -2.44. The highest BCUT2D eigenvalue weighted by Crippen LogP contribution is 2.41. The predicted molar refractivity (Wildman–Crippen MR) is 105 cm³/mol. The maximum absolute atomic E-state index is 12.8. The van der Waals surface area contributed by atoms with Gasteiger partial charge in [0.1, 0.15) is 5.92 Å². The summed E-state index contributed by atoms with van der Waals surface area (Å²) in [6.45, 7) is 3.59. The van der Waals surface area contributed by atoms with Gasteiger partial charge in [-0.2, -0.15) is 15.8 Å². The standard InChI is InChI=1S/C20H19N5O2S/c1-20(2)15(11-22)18(27)24-19(16(20)12-23)28-13-17(26)25(10-6-9-21)14-7-4-3-5-8-14/h3-5,7-8,15H,6,10,13H2,1-2H3,(H,24,27)/t15-/m0/s1. The van der Waals surface area contributed by atoms with Crippen molar-refractivity contribution in [2.75, 3.05) is 17.2 Å². The van der Waals surface area contributed by atoms with E-state index in [0.29, 0.717) is 10.7 Å². The number of hydrogen-bond donors (Lipinski definition) is 1. The van der Waals surface area contributed by atoms with Crippen LogP contribution in [0.2, 0.25) is 0 Å². The van der Waals surface area contributed by atoms with Crippen LogP contribution in [0.15, 0.2) is 40.9 Å². The van der Waals surface area contributed by atoms with Crippen LogP contribution in [0, 0.1) is 45.3 Å². The molecule has 0 unspecified atom stereocenters. The molecule has 7 nitrogen and oxygen atoms in total. The van der Waals surface area contributed by atoms with Gasteiger partial charge in [-0.05, 0) is 12.1 Å². The van der Waals surface area contributed by atoms with Crippen LogP contribution in [-0.2, 0) is 9.59 Å². The van der Waals surface area contributed by atoms with Gasteiger partial charge in [0.2, 0.25) is 11.8 Å². The van der Waals surface area contributed by atoms with Gasteiger partial charge in [-0.1, -0.05) is 43.8 Å². The van der Waals surface area contributed by atoms with E-state index in [1.165, 1.54) is 4.90 Å². The number of anilines is 1. The van der Waals surface area contributed by atoms with Crippen LogP contribution in [0.1, 0.15) is 20.3 Å². The van der Waals surface area contributed by atoms with Gasteiger partial charge in [-0.3, -0.25) is 9.59 Å². The molecule has 0 radical (unpaired) electrons. The van der Waals surface area contributed by atoms with Gasteiger partial charge in [0.15, 0.2) is 0 Å². The second-order valence-electron chi connectivity index (χ2n) is 6.67. The largest absolute Gasteiger partial charge is 0.319 e. The second kappa shape index (κ2) is 9.08. The number of thioether (sulfide) groups is 1. The Morgan fingerprint density at radius 2 is 1.93 bits per heavy atom. The van der Waals surface area contributed by atoms with Gasteiger partial charge in [-0.15, -0.1) is 0 Å². The van der Waals surface area contributed by atoms with Crippen LogP contribution in [0.4, 0.5) is 5.69 Å². The fourth-order valence-electron chi connectivity index (χ4n) is 2.91. The normalized spacial score (nSPS) is 17.7. The molecule has 8 heteroatoms. The summed E-state index contributed by atoms with van der Waals surface area (Å²) in [4.78, 5) is 26.5. The molecular weight excluding hydrogens is 374 g/mol. The van der Waals surface area contributed by atoms with E-state index in [1.54, 1.807) is 38.1 Å². The molecule has 1 N–H and O–H groups in total. The number of allylic oxidation sites excluding steroid dienone is 1. The molecule has 142 valence electrons. The van der Waals surface area contributed by atoms with Gasteiger partial charge in [-0.25, -0.2) is 0 Å². The zero-order valence-electron chi connectivity index (χ0n) is 15.6. The molecule has 1 atom stereocenters. The predicted octanol–water partition coefficient (Wildman–Crippen LogP) is 2.70. The average Bonchev–Trinajstić information content (AvgIpc) is 2.67. The molecular formula is C20H19N5O2S. The molecule has 2 rings (SSSR count). The molecule has 0 spiro atoms. The van der Waals surface area contributed by atoms with Crippen LogP contribution in [0.5, 0.6) is 0 Å². The highest BCUT2D eigenvalue weighted by molar-refractivity contribution is 8.03. The third-order valence-corrected chi connectivity index (χ3v) is 5.48. The summed E-state index contributed by atoms with van der Waals surface area (Å²) in [5.74, 6) is -1.72. The van der Waals surface area contributed by atoms with Crippen molar-refractivity contribution in [3.63, 3.8) is 0 Å².